The molecule has 1 heterocycles. The molecule has 0 unspecified atom stereocenters. The van der Waals surface area contributed by atoms with Crippen LogP contribution in [0.15, 0.2) is 48.5 Å². The van der Waals surface area contributed by atoms with E-state index in [4.69, 9.17) is 0 Å². The maximum absolute atomic E-state index is 12.6. The van der Waals surface area contributed by atoms with Gasteiger partial charge in [-0.3, -0.25) is 19.8 Å². The summed E-state index contributed by atoms with van der Waals surface area (Å²) < 4.78 is 64.4. The van der Waals surface area contributed by atoms with Crippen LogP contribution in [0.3, 0.4) is 0 Å². The summed E-state index contributed by atoms with van der Waals surface area (Å²) >= 11 is 0. The first-order chi connectivity index (χ1) is 16.9. The molecule has 0 aliphatic carbocycles. The Bertz CT molecular complexity index is 1250. The molecule has 1 aliphatic heterocycles. The molecule has 2 aromatic carbocycles. The molecule has 13 heteroatoms. The van der Waals surface area contributed by atoms with Crippen molar-refractivity contribution < 1.29 is 35.5 Å². The topological polar surface area (TPSA) is 119 Å². The minimum atomic E-state index is -5.72. The van der Waals surface area contributed by atoms with E-state index in [1.807, 2.05) is 0 Å². The lowest BCUT2D eigenvalue weighted by Crippen LogP contribution is -2.32. The summed E-state index contributed by atoms with van der Waals surface area (Å²) in [6.07, 6.45) is 4.90. The van der Waals surface area contributed by atoms with E-state index in [1.165, 1.54) is 42.5 Å². The average Bonchev–Trinajstić information content (AvgIpc) is 2.81. The number of non-ortho nitro benzene ring substituents is 1. The maximum Gasteiger partial charge on any atom is 0.534 e. The number of nitrogens with one attached hydrogen (secondary N) is 1. The van der Waals surface area contributed by atoms with Crippen LogP contribution in [-0.4, -0.2) is 49.3 Å². The van der Waals surface area contributed by atoms with Gasteiger partial charge in [0.1, 0.15) is 5.75 Å². The molecule has 0 radical (unpaired) electrons. The van der Waals surface area contributed by atoms with Crippen LogP contribution in [0.4, 0.5) is 18.9 Å². The van der Waals surface area contributed by atoms with Gasteiger partial charge >= 0.3 is 15.6 Å². The Balaban J connectivity index is 1.42. The van der Waals surface area contributed by atoms with Crippen LogP contribution >= 0.6 is 0 Å². The molecule has 0 aromatic heterocycles. The smallest absolute Gasteiger partial charge is 0.376 e. The standard InChI is InChI=1S/C23H24F3N3O6S/c24-23(25,26)36(33,34)35-21-8-7-18-10-13-28(16-19(18)15-21)12-2-1-11-27-22(30)9-6-17-4-3-5-20(14-17)29(31)32/h3-9,14-15H,1-2,10-13,16H2,(H,27,30). The van der Waals surface area contributed by atoms with Gasteiger partial charge in [-0.1, -0.05) is 18.2 Å². The van der Waals surface area contributed by atoms with Gasteiger partial charge in [0.2, 0.25) is 5.91 Å². The predicted octanol–water partition coefficient (Wildman–Crippen LogP) is 3.79. The quantitative estimate of drug-likeness (QED) is 0.125. The summed E-state index contributed by atoms with van der Waals surface area (Å²) in [5.74, 6) is -0.705. The number of halogens is 3. The Morgan fingerprint density at radius 1 is 1.17 bits per heavy atom. The highest BCUT2D eigenvalue weighted by Gasteiger charge is 2.48. The molecule has 0 fully saturated rings. The van der Waals surface area contributed by atoms with Gasteiger partial charge < -0.3 is 9.50 Å². The SMILES string of the molecule is O=C(C=Cc1cccc([N+](=O)[O-])c1)NCCCCN1CCc2ccc(OS(=O)(=O)C(F)(F)F)cc2C1. The first kappa shape index (κ1) is 27.1. The molecule has 36 heavy (non-hydrogen) atoms. The fourth-order valence-electron chi connectivity index (χ4n) is 3.65. The third-order valence-electron chi connectivity index (χ3n) is 5.47. The lowest BCUT2D eigenvalue weighted by molar-refractivity contribution is -0.384. The van der Waals surface area contributed by atoms with Gasteiger partial charge in [-0.15, -0.1) is 0 Å². The van der Waals surface area contributed by atoms with E-state index < -0.39 is 20.5 Å². The normalized spacial score (nSPS) is 14.4. The van der Waals surface area contributed by atoms with E-state index in [9.17, 15) is 36.5 Å². The number of hydrogen-bond acceptors (Lipinski definition) is 7. The monoisotopic (exact) mass is 527 g/mol. The number of rotatable bonds is 10. The second-order valence-corrected chi connectivity index (χ2v) is 9.66. The van der Waals surface area contributed by atoms with Gasteiger partial charge in [-0.25, -0.2) is 0 Å². The predicted molar refractivity (Wildman–Crippen MR) is 125 cm³/mol. The number of amides is 1. The summed E-state index contributed by atoms with van der Waals surface area (Å²) in [7, 11) is -5.72. The zero-order valence-electron chi connectivity index (χ0n) is 19.0. The minimum Gasteiger partial charge on any atom is -0.376 e. The molecular formula is C23H24F3N3O6S. The van der Waals surface area contributed by atoms with Crippen LogP contribution in [0.5, 0.6) is 5.75 Å². The van der Waals surface area contributed by atoms with Crippen molar-refractivity contribution in [3.8, 4) is 5.75 Å². The summed E-state index contributed by atoms with van der Waals surface area (Å²) in [4.78, 5) is 24.3. The van der Waals surface area contributed by atoms with E-state index in [-0.39, 0.29) is 17.3 Å². The molecule has 1 amide bonds. The van der Waals surface area contributed by atoms with Crippen LogP contribution < -0.4 is 9.50 Å². The molecule has 1 aliphatic rings. The zero-order chi connectivity index (χ0) is 26.3. The number of nitro benzene ring substituents is 1. The van der Waals surface area contributed by atoms with Crippen LogP contribution in [0.1, 0.15) is 29.5 Å². The van der Waals surface area contributed by atoms with Gasteiger partial charge in [0, 0.05) is 37.8 Å². The first-order valence-electron chi connectivity index (χ1n) is 11.0. The fourth-order valence-corrected chi connectivity index (χ4v) is 4.10. The molecular weight excluding hydrogens is 503 g/mol. The van der Waals surface area contributed by atoms with Crippen molar-refractivity contribution in [1.82, 2.24) is 10.2 Å². The second-order valence-electron chi connectivity index (χ2n) is 8.12. The van der Waals surface area contributed by atoms with Crippen molar-refractivity contribution in [2.45, 2.75) is 31.3 Å². The molecule has 194 valence electrons. The molecule has 3 rings (SSSR count). The highest BCUT2D eigenvalue weighted by atomic mass is 32.2. The number of carbonyl (C=O) groups excluding carboxylic acids is 1. The lowest BCUT2D eigenvalue weighted by Gasteiger charge is -2.29. The van der Waals surface area contributed by atoms with Gasteiger partial charge in [0.05, 0.1) is 4.92 Å². The van der Waals surface area contributed by atoms with Crippen LogP contribution in [0.25, 0.3) is 6.08 Å². The third kappa shape index (κ3) is 7.52. The number of fused-ring (bicyclic) bond motifs is 1. The number of hydrogen-bond donors (Lipinski definition) is 1. The molecule has 0 spiro atoms. The second kappa shape index (κ2) is 11.5. The summed E-state index contributed by atoms with van der Waals surface area (Å²) in [6, 6.07) is 10.0. The first-order valence-corrected chi connectivity index (χ1v) is 12.4. The number of alkyl halides is 3. The van der Waals surface area contributed by atoms with Gasteiger partial charge in [-0.05, 0) is 60.7 Å². The van der Waals surface area contributed by atoms with E-state index >= 15 is 0 Å². The van der Waals surface area contributed by atoms with Gasteiger partial charge in [0.15, 0.2) is 0 Å². The Kier molecular flexibility index (Phi) is 8.69. The largest absolute Gasteiger partial charge is 0.534 e. The van der Waals surface area contributed by atoms with Crippen molar-refractivity contribution >= 4 is 27.8 Å². The third-order valence-corrected chi connectivity index (χ3v) is 6.45. The molecule has 9 nitrogen and oxygen atoms in total. The van der Waals surface area contributed by atoms with Crippen molar-refractivity contribution in [1.29, 1.82) is 0 Å². The fraction of sp³-hybridized carbons (Fsp3) is 0.348. The highest BCUT2D eigenvalue weighted by Crippen LogP contribution is 2.29. The van der Waals surface area contributed by atoms with Crippen molar-refractivity contribution in [3.05, 3.63) is 75.3 Å². The van der Waals surface area contributed by atoms with Crippen molar-refractivity contribution in [3.63, 3.8) is 0 Å². The zero-order valence-corrected chi connectivity index (χ0v) is 19.8. The Labute approximate surface area is 205 Å². The molecule has 0 saturated carbocycles. The van der Waals surface area contributed by atoms with E-state index in [0.717, 1.165) is 18.5 Å². The van der Waals surface area contributed by atoms with Crippen LogP contribution in [-0.2, 0) is 27.9 Å². The summed E-state index contributed by atoms with van der Waals surface area (Å²) in [5.41, 5.74) is -3.40. The van der Waals surface area contributed by atoms with Crippen LogP contribution in [0, 0.1) is 10.1 Å². The number of unbranched alkanes of at least 4 members (excludes halogenated alkanes) is 1. The van der Waals surface area contributed by atoms with Crippen LogP contribution in [0.2, 0.25) is 0 Å². The lowest BCUT2D eigenvalue weighted by atomic mass is 9.99. The van der Waals surface area contributed by atoms with Crippen molar-refractivity contribution in [2.24, 2.45) is 0 Å². The summed E-state index contributed by atoms with van der Waals surface area (Å²) in [6.45, 7) is 2.30. The molecule has 2 aromatic rings. The maximum atomic E-state index is 12.6. The summed E-state index contributed by atoms with van der Waals surface area (Å²) in [5, 5.41) is 13.5. The Morgan fingerprint density at radius 2 is 1.94 bits per heavy atom. The average molecular weight is 528 g/mol. The number of benzene rings is 2. The molecule has 1 N–H and O–H groups in total. The van der Waals surface area contributed by atoms with E-state index in [0.29, 0.717) is 43.6 Å². The Hall–Kier alpha value is -3.45. The molecule has 0 bridgehead atoms. The van der Waals surface area contributed by atoms with Gasteiger partial charge in [-0.2, -0.15) is 21.6 Å². The molecule has 0 saturated heterocycles. The number of nitro groups is 1. The van der Waals surface area contributed by atoms with E-state index in [1.54, 1.807) is 12.1 Å². The van der Waals surface area contributed by atoms with Crippen molar-refractivity contribution in [2.75, 3.05) is 19.6 Å². The molecule has 0 atom stereocenters. The number of nitrogens with zero attached hydrogens (tertiary/aromatic N) is 2. The number of carbonyl (C=O) groups is 1. The van der Waals surface area contributed by atoms with Gasteiger partial charge in [0.25, 0.3) is 5.69 Å². The van der Waals surface area contributed by atoms with E-state index in [2.05, 4.69) is 14.4 Å². The Morgan fingerprint density at radius 3 is 2.67 bits per heavy atom. The minimum absolute atomic E-state index is 0.0621. The highest BCUT2D eigenvalue weighted by molar-refractivity contribution is 7.88.